The number of amides is 3. The van der Waals surface area contributed by atoms with Crippen LogP contribution < -0.4 is 5.32 Å². The van der Waals surface area contributed by atoms with Crippen LogP contribution in [0.1, 0.15) is 18.4 Å². The number of hydrogen-bond acceptors (Lipinski definition) is 2. The summed E-state index contributed by atoms with van der Waals surface area (Å²) in [5.41, 5.74) is 1.56. The van der Waals surface area contributed by atoms with Crippen molar-refractivity contribution >= 4 is 17.6 Å². The lowest BCUT2D eigenvalue weighted by molar-refractivity contribution is -0.122. The van der Waals surface area contributed by atoms with Crippen LogP contribution in [0.4, 0.5) is 10.5 Å². The molecule has 106 valence electrons. The Morgan fingerprint density at radius 2 is 1.90 bits per heavy atom. The minimum absolute atomic E-state index is 0.0199. The van der Waals surface area contributed by atoms with E-state index in [0.29, 0.717) is 25.9 Å². The van der Waals surface area contributed by atoms with E-state index in [-0.39, 0.29) is 11.9 Å². The van der Waals surface area contributed by atoms with Gasteiger partial charge in [-0.1, -0.05) is 18.2 Å². The smallest absolute Gasteiger partial charge is 0.319 e. The van der Waals surface area contributed by atoms with Crippen molar-refractivity contribution in [2.75, 3.05) is 32.5 Å². The van der Waals surface area contributed by atoms with Crippen LogP contribution in [0.3, 0.4) is 0 Å². The van der Waals surface area contributed by atoms with Gasteiger partial charge in [-0.15, -0.1) is 0 Å². The van der Waals surface area contributed by atoms with Crippen LogP contribution in [-0.2, 0) is 10.2 Å². The fraction of sp³-hybridized carbons (Fsp3) is 0.467. The average Bonchev–Trinajstić information content (AvgIpc) is 2.72. The van der Waals surface area contributed by atoms with Crippen molar-refractivity contribution in [3.05, 3.63) is 29.8 Å². The van der Waals surface area contributed by atoms with Crippen molar-refractivity contribution in [1.82, 2.24) is 9.80 Å². The van der Waals surface area contributed by atoms with Gasteiger partial charge in [-0.3, -0.25) is 4.79 Å². The summed E-state index contributed by atoms with van der Waals surface area (Å²) in [7, 11) is 3.51. The maximum Gasteiger partial charge on any atom is 0.319 e. The van der Waals surface area contributed by atoms with E-state index in [4.69, 9.17) is 0 Å². The van der Waals surface area contributed by atoms with Crippen molar-refractivity contribution in [2.24, 2.45) is 0 Å². The van der Waals surface area contributed by atoms with Crippen LogP contribution in [0.2, 0.25) is 0 Å². The molecule has 5 heteroatoms. The second-order valence-electron chi connectivity index (χ2n) is 5.75. The molecule has 20 heavy (non-hydrogen) atoms. The first-order valence-electron chi connectivity index (χ1n) is 6.92. The van der Waals surface area contributed by atoms with Crippen molar-refractivity contribution < 1.29 is 9.59 Å². The van der Waals surface area contributed by atoms with Gasteiger partial charge in [0.2, 0.25) is 5.91 Å². The number of piperidine rings is 1. The van der Waals surface area contributed by atoms with Crippen molar-refractivity contribution in [3.8, 4) is 0 Å². The van der Waals surface area contributed by atoms with Gasteiger partial charge in [0.1, 0.15) is 0 Å². The second kappa shape index (κ2) is 4.51. The van der Waals surface area contributed by atoms with Crippen LogP contribution >= 0.6 is 0 Å². The summed E-state index contributed by atoms with van der Waals surface area (Å²) in [5, 5.41) is 2.97. The number of carbonyl (C=O) groups is 2. The Bertz CT molecular complexity index is 560. The second-order valence-corrected chi connectivity index (χ2v) is 5.75. The molecule has 3 amide bonds. The SMILES string of the molecule is CN(C)C(=O)N1CCC2(CC1)C(=O)Nc1ccccc12. The quantitative estimate of drug-likeness (QED) is 0.781. The molecule has 1 spiro atoms. The summed E-state index contributed by atoms with van der Waals surface area (Å²) in [6.07, 6.45) is 1.38. The number of para-hydroxylation sites is 1. The standard InChI is InChI=1S/C15H19N3O2/c1-17(2)14(20)18-9-7-15(8-10-18)11-5-3-4-6-12(11)16-13(15)19/h3-6H,7-10H2,1-2H3,(H,16,19). The summed E-state index contributed by atoms with van der Waals surface area (Å²) in [6, 6.07) is 7.89. The number of nitrogens with zero attached hydrogens (tertiary/aromatic N) is 2. The first kappa shape index (κ1) is 13.0. The Hall–Kier alpha value is -2.04. The number of urea groups is 1. The van der Waals surface area contributed by atoms with E-state index in [0.717, 1.165) is 11.3 Å². The average molecular weight is 273 g/mol. The predicted molar refractivity (Wildman–Crippen MR) is 76.6 cm³/mol. The number of hydrogen-bond donors (Lipinski definition) is 1. The van der Waals surface area contributed by atoms with Gasteiger partial charge in [-0.2, -0.15) is 0 Å². The zero-order chi connectivity index (χ0) is 14.3. The van der Waals surface area contributed by atoms with Crippen LogP contribution in [0.15, 0.2) is 24.3 Å². The summed E-state index contributed by atoms with van der Waals surface area (Å²) < 4.78 is 0. The summed E-state index contributed by atoms with van der Waals surface area (Å²) in [5.74, 6) is 0.0793. The Morgan fingerprint density at radius 1 is 1.25 bits per heavy atom. The molecule has 5 nitrogen and oxygen atoms in total. The molecule has 1 saturated heterocycles. The molecule has 0 radical (unpaired) electrons. The maximum absolute atomic E-state index is 12.4. The first-order valence-corrected chi connectivity index (χ1v) is 6.92. The van der Waals surface area contributed by atoms with Gasteiger partial charge in [-0.05, 0) is 24.5 Å². The molecule has 1 N–H and O–H groups in total. The molecule has 0 aliphatic carbocycles. The van der Waals surface area contributed by atoms with E-state index < -0.39 is 5.41 Å². The molecule has 1 aromatic rings. The van der Waals surface area contributed by atoms with Crippen molar-refractivity contribution in [1.29, 1.82) is 0 Å². The summed E-state index contributed by atoms with van der Waals surface area (Å²) >= 11 is 0. The highest BCUT2D eigenvalue weighted by atomic mass is 16.2. The van der Waals surface area contributed by atoms with Gasteiger partial charge in [0.25, 0.3) is 0 Å². The summed E-state index contributed by atoms with van der Waals surface area (Å²) in [4.78, 5) is 27.8. The molecule has 2 aliphatic rings. The minimum Gasteiger partial charge on any atom is -0.331 e. The molecule has 2 heterocycles. The zero-order valence-electron chi connectivity index (χ0n) is 11.8. The molecule has 1 fully saturated rings. The highest BCUT2D eigenvalue weighted by molar-refractivity contribution is 6.06. The molecule has 0 aromatic heterocycles. The Balaban J connectivity index is 1.84. The third-order valence-corrected chi connectivity index (χ3v) is 4.40. The molecule has 2 aliphatic heterocycles. The third kappa shape index (κ3) is 1.77. The van der Waals surface area contributed by atoms with E-state index in [9.17, 15) is 9.59 Å². The van der Waals surface area contributed by atoms with Crippen LogP contribution in [0.25, 0.3) is 0 Å². The number of carbonyl (C=O) groups excluding carboxylic acids is 2. The monoisotopic (exact) mass is 273 g/mol. The largest absolute Gasteiger partial charge is 0.331 e. The topological polar surface area (TPSA) is 52.7 Å². The van der Waals surface area contributed by atoms with E-state index >= 15 is 0 Å². The fourth-order valence-corrected chi connectivity index (χ4v) is 3.23. The lowest BCUT2D eigenvalue weighted by atomic mass is 9.74. The number of nitrogens with one attached hydrogen (secondary N) is 1. The lowest BCUT2D eigenvalue weighted by Crippen LogP contribution is -2.50. The normalized spacial score (nSPS) is 19.7. The number of benzene rings is 1. The van der Waals surface area contributed by atoms with Gasteiger partial charge in [0, 0.05) is 32.9 Å². The molecule has 0 unspecified atom stereocenters. The first-order chi connectivity index (χ1) is 9.54. The van der Waals surface area contributed by atoms with E-state index in [2.05, 4.69) is 5.32 Å². The van der Waals surface area contributed by atoms with Gasteiger partial charge >= 0.3 is 6.03 Å². The maximum atomic E-state index is 12.4. The number of rotatable bonds is 0. The third-order valence-electron chi connectivity index (χ3n) is 4.40. The Morgan fingerprint density at radius 3 is 2.55 bits per heavy atom. The highest BCUT2D eigenvalue weighted by Crippen LogP contribution is 2.44. The number of anilines is 1. The van der Waals surface area contributed by atoms with Crippen LogP contribution in [0.5, 0.6) is 0 Å². The molecule has 0 atom stereocenters. The summed E-state index contributed by atoms with van der Waals surface area (Å²) in [6.45, 7) is 1.25. The van der Waals surface area contributed by atoms with Crippen molar-refractivity contribution in [3.63, 3.8) is 0 Å². The lowest BCUT2D eigenvalue weighted by Gasteiger charge is -2.38. The van der Waals surface area contributed by atoms with E-state index in [1.54, 1.807) is 19.0 Å². The molecular formula is C15H19N3O2. The van der Waals surface area contributed by atoms with Gasteiger partial charge in [0.05, 0.1) is 5.41 Å². The van der Waals surface area contributed by atoms with Crippen LogP contribution in [0, 0.1) is 0 Å². The van der Waals surface area contributed by atoms with E-state index in [1.165, 1.54) is 0 Å². The van der Waals surface area contributed by atoms with Gasteiger partial charge in [-0.25, -0.2) is 4.79 Å². The Labute approximate surface area is 118 Å². The molecule has 1 aromatic carbocycles. The van der Waals surface area contributed by atoms with Crippen molar-refractivity contribution in [2.45, 2.75) is 18.3 Å². The molecular weight excluding hydrogens is 254 g/mol. The predicted octanol–water partition coefficient (Wildman–Crippen LogP) is 1.65. The van der Waals surface area contributed by atoms with Gasteiger partial charge < -0.3 is 15.1 Å². The fourth-order valence-electron chi connectivity index (χ4n) is 3.23. The molecule has 0 saturated carbocycles. The zero-order valence-corrected chi connectivity index (χ0v) is 11.8. The number of fused-ring (bicyclic) bond motifs is 2. The van der Waals surface area contributed by atoms with E-state index in [1.807, 2.05) is 29.2 Å². The van der Waals surface area contributed by atoms with Crippen LogP contribution in [-0.4, -0.2) is 48.9 Å². The minimum atomic E-state index is -0.445. The number of likely N-dealkylation sites (tertiary alicyclic amines) is 1. The molecule has 3 rings (SSSR count). The Kier molecular flexibility index (Phi) is 2.92. The highest BCUT2D eigenvalue weighted by Gasteiger charge is 2.48. The van der Waals surface area contributed by atoms with Gasteiger partial charge in [0.15, 0.2) is 0 Å². The molecule has 0 bridgehead atoms.